The van der Waals surface area contributed by atoms with Crippen LogP contribution < -0.4 is 10.9 Å². The van der Waals surface area contributed by atoms with Crippen molar-refractivity contribution in [3.05, 3.63) is 34.7 Å². The Hall–Kier alpha value is -1.58. The second-order valence-electron chi connectivity index (χ2n) is 5.20. The molecule has 2 rings (SSSR count). The molecule has 1 aliphatic carbocycles. The summed E-state index contributed by atoms with van der Waals surface area (Å²) in [6, 6.07) is 5.19. The zero-order chi connectivity index (χ0) is 13.0. The first-order valence-electron chi connectivity index (χ1n) is 6.60. The lowest BCUT2D eigenvalue weighted by Crippen LogP contribution is -2.40. The van der Waals surface area contributed by atoms with Gasteiger partial charge in [0.15, 0.2) is 0 Å². The van der Waals surface area contributed by atoms with E-state index in [-0.39, 0.29) is 24.1 Å². The first kappa shape index (κ1) is 12.9. The van der Waals surface area contributed by atoms with Crippen LogP contribution in [0, 0.1) is 5.92 Å². The molecule has 18 heavy (non-hydrogen) atoms. The molecule has 1 amide bonds. The molecule has 1 aliphatic rings. The molecule has 1 fully saturated rings. The maximum Gasteiger partial charge on any atom is 0.250 e. The predicted octanol–water partition coefficient (Wildman–Crippen LogP) is 1.54. The van der Waals surface area contributed by atoms with Gasteiger partial charge >= 0.3 is 0 Å². The fraction of sp³-hybridized carbons (Fsp3) is 0.571. The van der Waals surface area contributed by atoms with Crippen molar-refractivity contribution in [2.45, 2.75) is 45.2 Å². The van der Waals surface area contributed by atoms with E-state index in [9.17, 15) is 9.59 Å². The number of rotatable bonds is 3. The van der Waals surface area contributed by atoms with Crippen LogP contribution in [0.3, 0.4) is 0 Å². The summed E-state index contributed by atoms with van der Waals surface area (Å²) in [5.74, 6) is 0.617. The van der Waals surface area contributed by atoms with Crippen LogP contribution in [0.15, 0.2) is 29.2 Å². The Bertz CT molecular complexity index is 467. The van der Waals surface area contributed by atoms with Crippen LogP contribution >= 0.6 is 0 Å². The lowest BCUT2D eigenvalue weighted by Gasteiger charge is -2.27. The highest BCUT2D eigenvalue weighted by atomic mass is 16.2. The molecule has 0 aromatic carbocycles. The number of pyridine rings is 1. The molecule has 0 saturated heterocycles. The van der Waals surface area contributed by atoms with Gasteiger partial charge in [-0.3, -0.25) is 9.59 Å². The third-order valence-corrected chi connectivity index (χ3v) is 3.51. The van der Waals surface area contributed by atoms with Crippen molar-refractivity contribution in [2.24, 2.45) is 5.92 Å². The Morgan fingerprint density at radius 3 is 3.00 bits per heavy atom. The number of hydrogen-bond acceptors (Lipinski definition) is 2. The second-order valence-corrected chi connectivity index (χ2v) is 5.20. The van der Waals surface area contributed by atoms with E-state index in [4.69, 9.17) is 0 Å². The van der Waals surface area contributed by atoms with Crippen molar-refractivity contribution in [1.29, 1.82) is 0 Å². The van der Waals surface area contributed by atoms with E-state index >= 15 is 0 Å². The Kier molecular flexibility index (Phi) is 4.18. The Balaban J connectivity index is 1.89. The largest absolute Gasteiger partial charge is 0.352 e. The molecule has 0 bridgehead atoms. The minimum Gasteiger partial charge on any atom is -0.352 e. The number of carbonyl (C=O) groups is 1. The van der Waals surface area contributed by atoms with E-state index in [0.29, 0.717) is 5.92 Å². The Morgan fingerprint density at radius 1 is 1.44 bits per heavy atom. The van der Waals surface area contributed by atoms with Gasteiger partial charge in [-0.15, -0.1) is 0 Å². The Labute approximate surface area is 107 Å². The van der Waals surface area contributed by atoms with Gasteiger partial charge in [0.2, 0.25) is 5.91 Å². The maximum atomic E-state index is 11.9. The summed E-state index contributed by atoms with van der Waals surface area (Å²) < 4.78 is 1.43. The molecule has 4 heteroatoms. The van der Waals surface area contributed by atoms with E-state index in [2.05, 4.69) is 12.2 Å². The van der Waals surface area contributed by atoms with Crippen LogP contribution in [-0.4, -0.2) is 16.5 Å². The molecule has 4 nitrogen and oxygen atoms in total. The molecule has 98 valence electrons. The van der Waals surface area contributed by atoms with Gasteiger partial charge in [0.05, 0.1) is 0 Å². The predicted molar refractivity (Wildman–Crippen MR) is 70.3 cm³/mol. The summed E-state index contributed by atoms with van der Waals surface area (Å²) in [6.45, 7) is 2.34. The number of amides is 1. The second kappa shape index (κ2) is 5.85. The minimum atomic E-state index is -0.135. The van der Waals surface area contributed by atoms with Gasteiger partial charge in [-0.05, 0) is 24.8 Å². The molecule has 1 aromatic rings. The van der Waals surface area contributed by atoms with Crippen LogP contribution in [-0.2, 0) is 11.3 Å². The standard InChI is InChI=1S/C14H20N2O2/c1-11-5-4-6-12(9-11)15-13(17)10-16-8-3-2-7-14(16)18/h2-3,7-8,11-12H,4-6,9-10H2,1H3,(H,15,17). The SMILES string of the molecule is CC1CCCC(NC(=O)Cn2ccccc2=O)C1. The Morgan fingerprint density at radius 2 is 2.28 bits per heavy atom. The van der Waals surface area contributed by atoms with E-state index in [1.54, 1.807) is 18.3 Å². The lowest BCUT2D eigenvalue weighted by molar-refractivity contribution is -0.122. The molecule has 0 spiro atoms. The van der Waals surface area contributed by atoms with Crippen molar-refractivity contribution in [3.8, 4) is 0 Å². The number of hydrogen-bond donors (Lipinski definition) is 1. The normalized spacial score (nSPS) is 23.6. The van der Waals surface area contributed by atoms with E-state index in [1.807, 2.05) is 0 Å². The van der Waals surface area contributed by atoms with Gasteiger partial charge in [0.1, 0.15) is 6.54 Å². The molecule has 2 unspecified atom stereocenters. The smallest absolute Gasteiger partial charge is 0.250 e. The highest BCUT2D eigenvalue weighted by Crippen LogP contribution is 2.23. The van der Waals surface area contributed by atoms with Gasteiger partial charge in [-0.1, -0.05) is 25.8 Å². The van der Waals surface area contributed by atoms with E-state index < -0.39 is 0 Å². The van der Waals surface area contributed by atoms with Gasteiger partial charge in [-0.2, -0.15) is 0 Å². The molecular weight excluding hydrogens is 228 g/mol. The third kappa shape index (κ3) is 3.45. The highest BCUT2D eigenvalue weighted by molar-refractivity contribution is 5.76. The molecular formula is C14H20N2O2. The van der Waals surface area contributed by atoms with Crippen molar-refractivity contribution in [1.82, 2.24) is 9.88 Å². The minimum absolute atomic E-state index is 0.0672. The zero-order valence-electron chi connectivity index (χ0n) is 10.8. The van der Waals surface area contributed by atoms with Gasteiger partial charge in [-0.25, -0.2) is 0 Å². The summed E-state index contributed by atoms with van der Waals surface area (Å²) in [4.78, 5) is 23.4. The number of aromatic nitrogens is 1. The van der Waals surface area contributed by atoms with Crippen LogP contribution in [0.25, 0.3) is 0 Å². The first-order valence-corrected chi connectivity index (χ1v) is 6.60. The average molecular weight is 248 g/mol. The third-order valence-electron chi connectivity index (χ3n) is 3.51. The van der Waals surface area contributed by atoms with Gasteiger partial charge in [0.25, 0.3) is 5.56 Å². The van der Waals surface area contributed by atoms with Crippen LogP contribution in [0.2, 0.25) is 0 Å². The zero-order valence-corrected chi connectivity index (χ0v) is 10.8. The maximum absolute atomic E-state index is 11.9. The molecule has 1 aromatic heterocycles. The summed E-state index contributed by atoms with van der Waals surface area (Å²) in [6.07, 6.45) is 6.18. The summed E-state index contributed by atoms with van der Waals surface area (Å²) in [7, 11) is 0. The monoisotopic (exact) mass is 248 g/mol. The molecule has 1 heterocycles. The van der Waals surface area contributed by atoms with Crippen LogP contribution in [0.4, 0.5) is 0 Å². The average Bonchev–Trinajstić information content (AvgIpc) is 2.32. The van der Waals surface area contributed by atoms with E-state index in [1.165, 1.54) is 23.5 Å². The number of nitrogens with zero attached hydrogens (tertiary/aromatic N) is 1. The summed E-state index contributed by atoms with van der Waals surface area (Å²) >= 11 is 0. The van der Waals surface area contributed by atoms with E-state index in [0.717, 1.165) is 12.8 Å². The number of nitrogens with one attached hydrogen (secondary N) is 1. The van der Waals surface area contributed by atoms with Gasteiger partial charge in [0, 0.05) is 18.3 Å². The molecule has 1 saturated carbocycles. The number of carbonyl (C=O) groups excluding carboxylic acids is 1. The topological polar surface area (TPSA) is 51.1 Å². The molecule has 2 atom stereocenters. The fourth-order valence-electron chi connectivity index (χ4n) is 2.58. The van der Waals surface area contributed by atoms with Crippen molar-refractivity contribution in [2.75, 3.05) is 0 Å². The van der Waals surface area contributed by atoms with Crippen molar-refractivity contribution in [3.63, 3.8) is 0 Å². The van der Waals surface area contributed by atoms with Crippen molar-refractivity contribution >= 4 is 5.91 Å². The lowest BCUT2D eigenvalue weighted by atomic mass is 9.87. The molecule has 0 radical (unpaired) electrons. The summed E-state index contributed by atoms with van der Waals surface area (Å²) in [5.41, 5.74) is -0.135. The fourth-order valence-corrected chi connectivity index (χ4v) is 2.58. The van der Waals surface area contributed by atoms with Crippen LogP contribution in [0.5, 0.6) is 0 Å². The quantitative estimate of drug-likeness (QED) is 0.882. The highest BCUT2D eigenvalue weighted by Gasteiger charge is 2.20. The molecule has 1 N–H and O–H groups in total. The molecule has 0 aliphatic heterocycles. The van der Waals surface area contributed by atoms with Gasteiger partial charge < -0.3 is 9.88 Å². The first-order chi connectivity index (χ1) is 8.65. The van der Waals surface area contributed by atoms with Crippen LogP contribution in [0.1, 0.15) is 32.6 Å². The summed E-state index contributed by atoms with van der Waals surface area (Å²) in [5, 5.41) is 3.03. The van der Waals surface area contributed by atoms with Crippen molar-refractivity contribution < 1.29 is 4.79 Å².